The van der Waals surface area contributed by atoms with Crippen LogP contribution in [0.25, 0.3) is 22.2 Å². The van der Waals surface area contributed by atoms with Crippen LogP contribution in [0.3, 0.4) is 0 Å². The van der Waals surface area contributed by atoms with E-state index in [1.165, 1.54) is 12.4 Å². The van der Waals surface area contributed by atoms with Gasteiger partial charge in [0, 0.05) is 48.5 Å². The zero-order valence-corrected chi connectivity index (χ0v) is 17.5. The summed E-state index contributed by atoms with van der Waals surface area (Å²) in [4.78, 5) is 19.8. The molecule has 0 fully saturated rings. The fourth-order valence-corrected chi connectivity index (χ4v) is 3.72. The molecule has 0 radical (unpaired) electrons. The van der Waals surface area contributed by atoms with Crippen molar-refractivity contribution in [1.82, 2.24) is 14.5 Å². The molecule has 0 amide bonds. The van der Waals surface area contributed by atoms with E-state index in [2.05, 4.69) is 20.6 Å². The number of fused-ring (bicyclic) bond motifs is 1. The van der Waals surface area contributed by atoms with Crippen LogP contribution in [-0.2, 0) is 6.54 Å². The van der Waals surface area contributed by atoms with Gasteiger partial charge in [-0.05, 0) is 37.3 Å². The summed E-state index contributed by atoms with van der Waals surface area (Å²) in [5.74, 6) is -1.38. The van der Waals surface area contributed by atoms with Crippen molar-refractivity contribution in [2.75, 3.05) is 24.2 Å². The van der Waals surface area contributed by atoms with Gasteiger partial charge in [-0.1, -0.05) is 6.07 Å². The average Bonchev–Trinajstić information content (AvgIpc) is 3.13. The van der Waals surface area contributed by atoms with Crippen molar-refractivity contribution in [1.29, 1.82) is 0 Å². The molecule has 0 spiro atoms. The highest BCUT2D eigenvalue weighted by Crippen LogP contribution is 2.26. The number of halogens is 2. The van der Waals surface area contributed by atoms with E-state index >= 15 is 0 Å². The van der Waals surface area contributed by atoms with Crippen molar-refractivity contribution in [2.45, 2.75) is 13.5 Å². The number of nitrogens with one attached hydrogen (secondary N) is 2. The topological polar surface area (TPSA) is 92.1 Å². The minimum atomic E-state index is -1.02. The van der Waals surface area contributed by atoms with Crippen LogP contribution in [0.2, 0.25) is 0 Å². The molecular formula is C23H21F2N5O2. The molecule has 32 heavy (non-hydrogen) atoms. The van der Waals surface area contributed by atoms with Crippen LogP contribution in [0, 0.1) is 18.6 Å². The molecule has 0 saturated carbocycles. The second-order valence-corrected chi connectivity index (χ2v) is 7.26. The smallest absolute Gasteiger partial charge is 0.337 e. The molecular weight excluding hydrogens is 416 g/mol. The molecule has 0 aliphatic heterocycles. The van der Waals surface area contributed by atoms with Crippen LogP contribution in [0.1, 0.15) is 16.1 Å². The summed E-state index contributed by atoms with van der Waals surface area (Å²) in [5.41, 5.74) is 2.99. The van der Waals surface area contributed by atoms with Crippen molar-refractivity contribution in [3.8, 4) is 11.3 Å². The molecule has 0 saturated heterocycles. The van der Waals surface area contributed by atoms with Crippen LogP contribution in [-0.4, -0.2) is 39.2 Å². The Labute approximate surface area is 182 Å². The fourth-order valence-electron chi connectivity index (χ4n) is 3.72. The summed E-state index contributed by atoms with van der Waals surface area (Å²) >= 11 is 0. The summed E-state index contributed by atoms with van der Waals surface area (Å²) in [6.45, 7) is 2.64. The number of hydrogen-bond acceptors (Lipinski definition) is 5. The monoisotopic (exact) mass is 437 g/mol. The Balaban J connectivity index is 1.53. The third-order valence-electron chi connectivity index (χ3n) is 5.29. The SMILES string of the molecule is CNc1cc(-c2cc(NCCn3c(C)cc4c(F)ccc(F)c43)ncn2)ccc1C(=O)O. The molecule has 0 bridgehead atoms. The maximum absolute atomic E-state index is 14.3. The van der Waals surface area contributed by atoms with E-state index in [1.807, 2.05) is 6.92 Å². The first-order chi connectivity index (χ1) is 15.4. The highest BCUT2D eigenvalue weighted by atomic mass is 19.1. The van der Waals surface area contributed by atoms with Crippen LogP contribution in [0.4, 0.5) is 20.3 Å². The number of benzene rings is 2. The number of hydrogen-bond donors (Lipinski definition) is 3. The van der Waals surface area contributed by atoms with Crippen molar-refractivity contribution in [2.24, 2.45) is 0 Å². The second kappa shape index (κ2) is 8.62. The number of aromatic nitrogens is 3. The van der Waals surface area contributed by atoms with E-state index in [4.69, 9.17) is 0 Å². The Morgan fingerprint density at radius 1 is 1.09 bits per heavy atom. The lowest BCUT2D eigenvalue weighted by atomic mass is 10.1. The molecule has 0 aliphatic carbocycles. The van der Waals surface area contributed by atoms with Gasteiger partial charge in [0.1, 0.15) is 23.8 Å². The van der Waals surface area contributed by atoms with Gasteiger partial charge in [0.2, 0.25) is 0 Å². The highest BCUT2D eigenvalue weighted by Gasteiger charge is 2.14. The van der Waals surface area contributed by atoms with Crippen molar-refractivity contribution in [3.05, 3.63) is 71.7 Å². The first-order valence-electron chi connectivity index (χ1n) is 9.94. The number of carboxylic acids is 1. The number of carboxylic acid groups (broad SMARTS) is 1. The van der Waals surface area contributed by atoms with Gasteiger partial charge in [-0.15, -0.1) is 0 Å². The van der Waals surface area contributed by atoms with E-state index in [1.54, 1.807) is 35.9 Å². The molecule has 9 heteroatoms. The zero-order chi connectivity index (χ0) is 22.8. The Kier molecular flexibility index (Phi) is 5.72. The van der Waals surface area contributed by atoms with Gasteiger partial charge in [-0.2, -0.15) is 0 Å². The lowest BCUT2D eigenvalue weighted by Crippen LogP contribution is -2.13. The van der Waals surface area contributed by atoms with Crippen LogP contribution >= 0.6 is 0 Å². The van der Waals surface area contributed by atoms with E-state index in [-0.39, 0.29) is 16.5 Å². The van der Waals surface area contributed by atoms with Crippen molar-refractivity contribution < 1.29 is 18.7 Å². The Morgan fingerprint density at radius 3 is 2.62 bits per heavy atom. The van der Waals surface area contributed by atoms with E-state index in [9.17, 15) is 18.7 Å². The fraction of sp³-hybridized carbons (Fsp3) is 0.174. The van der Waals surface area contributed by atoms with Crippen molar-refractivity contribution >= 4 is 28.4 Å². The van der Waals surface area contributed by atoms with Gasteiger partial charge < -0.3 is 20.3 Å². The Bertz CT molecular complexity index is 1320. The largest absolute Gasteiger partial charge is 0.478 e. The summed E-state index contributed by atoms with van der Waals surface area (Å²) in [6, 6.07) is 10.6. The molecule has 7 nitrogen and oxygen atoms in total. The normalized spacial score (nSPS) is 11.0. The molecule has 0 aliphatic rings. The molecule has 3 N–H and O–H groups in total. The maximum Gasteiger partial charge on any atom is 0.337 e. The highest BCUT2D eigenvalue weighted by molar-refractivity contribution is 5.95. The Morgan fingerprint density at radius 2 is 1.88 bits per heavy atom. The third kappa shape index (κ3) is 3.96. The van der Waals surface area contributed by atoms with E-state index < -0.39 is 17.6 Å². The summed E-state index contributed by atoms with van der Waals surface area (Å²) in [5, 5.41) is 15.6. The van der Waals surface area contributed by atoms with Gasteiger partial charge in [-0.25, -0.2) is 23.5 Å². The molecule has 2 aromatic heterocycles. The number of nitrogens with zero attached hydrogens (tertiary/aromatic N) is 3. The molecule has 164 valence electrons. The van der Waals surface area contributed by atoms with Gasteiger partial charge in [0.25, 0.3) is 0 Å². The van der Waals surface area contributed by atoms with E-state index in [0.717, 1.165) is 23.4 Å². The second-order valence-electron chi connectivity index (χ2n) is 7.26. The lowest BCUT2D eigenvalue weighted by molar-refractivity contribution is 0.0698. The predicted molar refractivity (Wildman–Crippen MR) is 119 cm³/mol. The lowest BCUT2D eigenvalue weighted by Gasteiger charge is -2.12. The first kappa shape index (κ1) is 21.2. The standard InChI is InChI=1S/C23H21F2N5O2/c1-13-9-16-17(24)5-6-18(25)22(16)30(13)8-7-27-21-11-19(28-12-29-21)14-3-4-15(23(31)32)20(10-14)26-2/h3-6,9-12,26H,7-8H2,1-2H3,(H,31,32)(H,27,28,29). The number of rotatable bonds is 7. The molecule has 4 aromatic rings. The molecule has 0 atom stereocenters. The minimum Gasteiger partial charge on any atom is -0.478 e. The average molecular weight is 437 g/mol. The predicted octanol–water partition coefficient (Wildman–Crippen LogP) is 4.54. The minimum absolute atomic E-state index is 0.168. The first-order valence-corrected chi connectivity index (χ1v) is 9.94. The zero-order valence-electron chi connectivity index (χ0n) is 17.5. The van der Waals surface area contributed by atoms with Crippen LogP contribution in [0.15, 0.2) is 48.8 Å². The summed E-state index contributed by atoms with van der Waals surface area (Å²) < 4.78 is 30.1. The van der Waals surface area contributed by atoms with Gasteiger partial charge in [-0.3, -0.25) is 0 Å². The molecule has 0 unspecified atom stereocenters. The van der Waals surface area contributed by atoms with Gasteiger partial charge >= 0.3 is 5.97 Å². The maximum atomic E-state index is 14.3. The quantitative estimate of drug-likeness (QED) is 0.393. The molecule has 2 aromatic carbocycles. The number of anilines is 2. The van der Waals surface area contributed by atoms with E-state index in [0.29, 0.717) is 30.3 Å². The van der Waals surface area contributed by atoms with Gasteiger partial charge in [0.15, 0.2) is 0 Å². The van der Waals surface area contributed by atoms with Crippen LogP contribution < -0.4 is 10.6 Å². The van der Waals surface area contributed by atoms with Gasteiger partial charge in [0.05, 0.1) is 16.8 Å². The number of aromatic carboxylic acids is 1. The molecule has 4 rings (SSSR count). The number of aryl methyl sites for hydroxylation is 1. The number of carbonyl (C=O) groups is 1. The molecule has 2 heterocycles. The summed E-state index contributed by atoms with van der Waals surface area (Å²) in [7, 11) is 1.65. The van der Waals surface area contributed by atoms with Crippen molar-refractivity contribution in [3.63, 3.8) is 0 Å². The third-order valence-corrected chi connectivity index (χ3v) is 5.29. The summed E-state index contributed by atoms with van der Waals surface area (Å²) in [6.07, 6.45) is 1.41. The van der Waals surface area contributed by atoms with Crippen LogP contribution in [0.5, 0.6) is 0 Å². The Hall–Kier alpha value is -4.01.